The lowest BCUT2D eigenvalue weighted by Crippen LogP contribution is -2.04. The average Bonchev–Trinajstić information content (AvgIpc) is 2.79. The molecule has 0 atom stereocenters. The van der Waals surface area contributed by atoms with Crippen LogP contribution in [0.2, 0.25) is 0 Å². The second-order valence-corrected chi connectivity index (χ2v) is 3.81. The molecule has 0 bridgehead atoms. The van der Waals surface area contributed by atoms with Gasteiger partial charge in [0.1, 0.15) is 0 Å². The molecular formula is C13H18ClN3. The van der Waals surface area contributed by atoms with Gasteiger partial charge >= 0.3 is 0 Å². The van der Waals surface area contributed by atoms with Crippen LogP contribution in [0.5, 0.6) is 0 Å². The Morgan fingerprint density at radius 1 is 1.18 bits per heavy atom. The van der Waals surface area contributed by atoms with E-state index in [4.69, 9.17) is 0 Å². The van der Waals surface area contributed by atoms with E-state index in [0.29, 0.717) is 0 Å². The second-order valence-electron chi connectivity index (χ2n) is 3.81. The van der Waals surface area contributed by atoms with Crippen molar-refractivity contribution in [1.29, 1.82) is 0 Å². The molecule has 4 heteroatoms. The van der Waals surface area contributed by atoms with Crippen LogP contribution in [0.15, 0.2) is 36.7 Å². The molecule has 2 aromatic rings. The Labute approximate surface area is 108 Å². The lowest BCUT2D eigenvalue weighted by molar-refractivity contribution is 0.660. The predicted octanol–water partition coefficient (Wildman–Crippen LogP) is 2.71. The van der Waals surface area contributed by atoms with E-state index in [2.05, 4.69) is 47.8 Å². The van der Waals surface area contributed by atoms with E-state index < -0.39 is 0 Å². The van der Waals surface area contributed by atoms with Crippen molar-refractivity contribution < 1.29 is 0 Å². The molecule has 0 aliphatic rings. The minimum absolute atomic E-state index is 0. The fraction of sp³-hybridized carbons (Fsp3) is 0.308. The molecule has 0 spiro atoms. The summed E-state index contributed by atoms with van der Waals surface area (Å²) in [5.74, 6) is 0. The van der Waals surface area contributed by atoms with Gasteiger partial charge in [-0.05, 0) is 25.1 Å². The molecule has 0 amide bonds. The zero-order valence-corrected chi connectivity index (χ0v) is 11.0. The normalized spacial score (nSPS) is 10.0. The summed E-state index contributed by atoms with van der Waals surface area (Å²) in [7, 11) is 1.96. The molecule has 3 nitrogen and oxygen atoms in total. The maximum atomic E-state index is 4.27. The van der Waals surface area contributed by atoms with Crippen molar-refractivity contribution in [2.24, 2.45) is 0 Å². The van der Waals surface area contributed by atoms with E-state index in [1.54, 1.807) is 0 Å². The summed E-state index contributed by atoms with van der Waals surface area (Å²) in [6, 6.07) is 8.58. The van der Waals surface area contributed by atoms with Gasteiger partial charge in [-0.3, -0.25) is 4.68 Å². The maximum Gasteiger partial charge on any atom is 0.0568 e. The second kappa shape index (κ2) is 6.42. The van der Waals surface area contributed by atoms with Crippen LogP contribution in [0.1, 0.15) is 12.5 Å². The Morgan fingerprint density at radius 2 is 1.88 bits per heavy atom. The third kappa shape index (κ3) is 3.32. The lowest BCUT2D eigenvalue weighted by atomic mass is 10.1. The summed E-state index contributed by atoms with van der Waals surface area (Å²) in [6.07, 6.45) is 3.99. The van der Waals surface area contributed by atoms with Crippen LogP contribution in [0.25, 0.3) is 11.1 Å². The van der Waals surface area contributed by atoms with Gasteiger partial charge < -0.3 is 5.32 Å². The zero-order chi connectivity index (χ0) is 11.4. The number of nitrogens with one attached hydrogen (secondary N) is 1. The first-order chi connectivity index (χ1) is 7.83. The highest BCUT2D eigenvalue weighted by Crippen LogP contribution is 2.18. The summed E-state index contributed by atoms with van der Waals surface area (Å²) in [4.78, 5) is 0. The number of nitrogens with zero attached hydrogens (tertiary/aromatic N) is 2. The van der Waals surface area contributed by atoms with Crippen molar-refractivity contribution >= 4 is 12.4 Å². The van der Waals surface area contributed by atoms with E-state index in [1.807, 2.05) is 17.9 Å². The van der Waals surface area contributed by atoms with Crippen LogP contribution < -0.4 is 5.32 Å². The van der Waals surface area contributed by atoms with Crippen molar-refractivity contribution in [2.45, 2.75) is 20.0 Å². The Balaban J connectivity index is 0.00000144. The molecule has 0 aliphatic heterocycles. The Kier molecular flexibility index (Phi) is 5.19. The van der Waals surface area contributed by atoms with Gasteiger partial charge in [-0.15, -0.1) is 12.4 Å². The van der Waals surface area contributed by atoms with E-state index in [9.17, 15) is 0 Å². The molecule has 0 radical (unpaired) electrons. The van der Waals surface area contributed by atoms with Crippen LogP contribution in [0, 0.1) is 0 Å². The minimum atomic E-state index is 0. The van der Waals surface area contributed by atoms with Crippen LogP contribution in [0.3, 0.4) is 0 Å². The SMILES string of the molecule is CCn1cc(-c2ccc(CNC)cc2)cn1.Cl. The van der Waals surface area contributed by atoms with Crippen molar-refractivity contribution in [3.05, 3.63) is 42.2 Å². The van der Waals surface area contributed by atoms with Crippen LogP contribution in [0.4, 0.5) is 0 Å². The molecule has 0 saturated heterocycles. The highest BCUT2D eigenvalue weighted by molar-refractivity contribution is 5.85. The molecule has 1 N–H and O–H groups in total. The summed E-state index contributed by atoms with van der Waals surface area (Å²) in [5, 5.41) is 7.41. The highest BCUT2D eigenvalue weighted by atomic mass is 35.5. The molecule has 2 rings (SSSR count). The highest BCUT2D eigenvalue weighted by Gasteiger charge is 2.00. The number of benzene rings is 1. The van der Waals surface area contributed by atoms with Crippen molar-refractivity contribution in [3.8, 4) is 11.1 Å². The first-order valence-corrected chi connectivity index (χ1v) is 5.60. The molecule has 1 heterocycles. The first-order valence-electron chi connectivity index (χ1n) is 5.60. The van der Waals surface area contributed by atoms with Gasteiger partial charge in [-0.2, -0.15) is 5.10 Å². The summed E-state index contributed by atoms with van der Waals surface area (Å²) < 4.78 is 1.94. The van der Waals surface area contributed by atoms with Gasteiger partial charge in [0.2, 0.25) is 0 Å². The number of halogens is 1. The Morgan fingerprint density at radius 3 is 2.41 bits per heavy atom. The quantitative estimate of drug-likeness (QED) is 0.906. The third-order valence-electron chi connectivity index (χ3n) is 2.63. The molecule has 1 aromatic heterocycles. The van der Waals surface area contributed by atoms with Gasteiger partial charge in [0.25, 0.3) is 0 Å². The van der Waals surface area contributed by atoms with Crippen LogP contribution in [-0.4, -0.2) is 16.8 Å². The Bertz CT molecular complexity index is 448. The molecule has 0 unspecified atom stereocenters. The number of aromatic nitrogens is 2. The molecule has 92 valence electrons. The van der Waals surface area contributed by atoms with Crippen molar-refractivity contribution in [2.75, 3.05) is 7.05 Å². The first kappa shape index (κ1) is 13.7. The van der Waals surface area contributed by atoms with E-state index in [1.165, 1.54) is 16.7 Å². The van der Waals surface area contributed by atoms with Gasteiger partial charge in [-0.25, -0.2) is 0 Å². The number of aryl methyl sites for hydroxylation is 1. The lowest BCUT2D eigenvalue weighted by Gasteiger charge is -2.01. The molecular weight excluding hydrogens is 234 g/mol. The predicted molar refractivity (Wildman–Crippen MR) is 73.3 cm³/mol. The van der Waals surface area contributed by atoms with Crippen LogP contribution in [-0.2, 0) is 13.1 Å². The molecule has 0 fully saturated rings. The molecule has 1 aromatic carbocycles. The molecule has 0 saturated carbocycles. The Hall–Kier alpha value is -1.32. The number of rotatable bonds is 4. The average molecular weight is 252 g/mol. The van der Waals surface area contributed by atoms with Gasteiger partial charge in [-0.1, -0.05) is 24.3 Å². The standard InChI is InChI=1S/C13H17N3.ClH/c1-3-16-10-13(9-15-16)12-6-4-11(5-7-12)8-14-2;/h4-7,9-10,14H,3,8H2,1-2H3;1H. The van der Waals surface area contributed by atoms with E-state index >= 15 is 0 Å². The third-order valence-corrected chi connectivity index (χ3v) is 2.63. The minimum Gasteiger partial charge on any atom is -0.316 e. The fourth-order valence-electron chi connectivity index (χ4n) is 1.70. The summed E-state index contributed by atoms with van der Waals surface area (Å²) in [6.45, 7) is 3.92. The van der Waals surface area contributed by atoms with E-state index in [-0.39, 0.29) is 12.4 Å². The van der Waals surface area contributed by atoms with E-state index in [0.717, 1.165) is 13.1 Å². The van der Waals surface area contributed by atoms with Gasteiger partial charge in [0.05, 0.1) is 6.20 Å². The van der Waals surface area contributed by atoms with Gasteiger partial charge in [0, 0.05) is 24.8 Å². The van der Waals surface area contributed by atoms with Crippen molar-refractivity contribution in [3.63, 3.8) is 0 Å². The van der Waals surface area contributed by atoms with Crippen LogP contribution >= 0.6 is 12.4 Å². The fourth-order valence-corrected chi connectivity index (χ4v) is 1.70. The summed E-state index contributed by atoms with van der Waals surface area (Å²) in [5.41, 5.74) is 3.70. The summed E-state index contributed by atoms with van der Waals surface area (Å²) >= 11 is 0. The monoisotopic (exact) mass is 251 g/mol. The zero-order valence-electron chi connectivity index (χ0n) is 10.2. The number of hydrogen-bond donors (Lipinski definition) is 1. The molecule has 0 aliphatic carbocycles. The largest absolute Gasteiger partial charge is 0.316 e. The smallest absolute Gasteiger partial charge is 0.0568 e. The number of hydrogen-bond acceptors (Lipinski definition) is 2. The maximum absolute atomic E-state index is 4.27. The topological polar surface area (TPSA) is 29.9 Å². The van der Waals surface area contributed by atoms with Crippen molar-refractivity contribution in [1.82, 2.24) is 15.1 Å². The van der Waals surface area contributed by atoms with Gasteiger partial charge in [0.15, 0.2) is 0 Å². The molecule has 17 heavy (non-hydrogen) atoms.